The zero-order valence-corrected chi connectivity index (χ0v) is 27.6. The van der Waals surface area contributed by atoms with Gasteiger partial charge in [0.05, 0.1) is 17.1 Å². The Balaban J connectivity index is 1.88. The van der Waals surface area contributed by atoms with E-state index in [1.165, 1.54) is 11.1 Å². The smallest absolute Gasteiger partial charge is 0.204 e. The lowest BCUT2D eigenvalue weighted by Gasteiger charge is -2.48. The molecule has 0 fully saturated rings. The maximum atomic E-state index is 10.9. The first kappa shape index (κ1) is 29.8. The molecule has 0 bridgehead atoms. The van der Waals surface area contributed by atoms with Gasteiger partial charge in [-0.15, -0.1) is 9.15 Å². The summed E-state index contributed by atoms with van der Waals surface area (Å²) in [6.45, 7) is 13.0. The molecule has 2 aliphatic heterocycles. The van der Waals surface area contributed by atoms with Crippen molar-refractivity contribution in [1.82, 2.24) is 0 Å². The fraction of sp³-hybridized carbons (Fsp3) is 0.225. The minimum absolute atomic E-state index is 0.653. The van der Waals surface area contributed by atoms with E-state index in [2.05, 4.69) is 166 Å². The van der Waals surface area contributed by atoms with Gasteiger partial charge in [0, 0.05) is 22.9 Å². The van der Waals surface area contributed by atoms with Crippen LogP contribution in [0.15, 0.2) is 120 Å². The number of rotatable bonds is 4. The Labute approximate surface area is 267 Å². The average Bonchev–Trinajstić information content (AvgIpc) is 3.03. The molecule has 1 unspecified atom stereocenters. The van der Waals surface area contributed by atoms with Crippen LogP contribution in [0.25, 0.3) is 0 Å². The molecule has 2 heterocycles. The summed E-state index contributed by atoms with van der Waals surface area (Å²) in [6.07, 6.45) is 2.30. The Kier molecular flexibility index (Phi) is 7.54. The van der Waals surface area contributed by atoms with Crippen LogP contribution in [-0.4, -0.2) is 40.6 Å². The predicted octanol–water partition coefficient (Wildman–Crippen LogP) is 7.84. The van der Waals surface area contributed by atoms with Gasteiger partial charge in [0.15, 0.2) is 0 Å². The largest absolute Gasteiger partial charge is 0.542 e. The summed E-state index contributed by atoms with van der Waals surface area (Å²) < 4.78 is 4.72. The van der Waals surface area contributed by atoms with E-state index in [4.69, 9.17) is 0 Å². The van der Waals surface area contributed by atoms with E-state index >= 15 is 0 Å². The van der Waals surface area contributed by atoms with E-state index < -0.39 is 5.91 Å². The molecule has 45 heavy (non-hydrogen) atoms. The number of para-hydroxylation sites is 2. The standard InChI is InChI=1S/C40H41N5/c1-27-17-15-18-28(2)37(27)44-31(5)25-36(33-21-11-9-12-22-33)42(7)40(44)43(8)39(34-23-13-10-14-24-34)35(26-41)32(6)45(40)38-29(3)19-16-20-30(38)4/h9-25H,1-8H3/q+2. The van der Waals surface area contributed by atoms with Crippen LogP contribution in [0.5, 0.6) is 0 Å². The first-order valence-corrected chi connectivity index (χ1v) is 15.5. The summed E-state index contributed by atoms with van der Waals surface area (Å²) >= 11 is 0. The fourth-order valence-corrected chi connectivity index (χ4v) is 7.42. The Morgan fingerprint density at radius 2 is 1.04 bits per heavy atom. The van der Waals surface area contributed by atoms with Gasteiger partial charge in [0.2, 0.25) is 11.4 Å². The van der Waals surface area contributed by atoms with Gasteiger partial charge in [-0.25, -0.2) is 9.80 Å². The fourth-order valence-electron chi connectivity index (χ4n) is 7.42. The van der Waals surface area contributed by atoms with E-state index in [0.29, 0.717) is 5.57 Å². The first-order valence-electron chi connectivity index (χ1n) is 15.5. The van der Waals surface area contributed by atoms with Gasteiger partial charge in [0.25, 0.3) is 0 Å². The molecular weight excluding hydrogens is 550 g/mol. The lowest BCUT2D eigenvalue weighted by Crippen LogP contribution is -2.76. The Morgan fingerprint density at radius 1 is 0.578 bits per heavy atom. The summed E-state index contributed by atoms with van der Waals surface area (Å²) in [5.41, 5.74) is 13.7. The summed E-state index contributed by atoms with van der Waals surface area (Å²) in [7, 11) is 4.33. The second kappa shape index (κ2) is 11.4. The molecule has 224 valence electrons. The molecule has 0 aromatic heterocycles. The van der Waals surface area contributed by atoms with Gasteiger partial charge < -0.3 is 0 Å². The van der Waals surface area contributed by atoms with Crippen LogP contribution in [0.2, 0.25) is 0 Å². The molecule has 5 heteroatoms. The van der Waals surface area contributed by atoms with E-state index in [-0.39, 0.29) is 0 Å². The average molecular weight is 592 g/mol. The normalized spacial score (nSPS) is 18.5. The Morgan fingerprint density at radius 3 is 1.53 bits per heavy atom. The maximum absolute atomic E-state index is 10.9. The van der Waals surface area contributed by atoms with Gasteiger partial charge in [-0.2, -0.15) is 5.26 Å². The third-order valence-corrected chi connectivity index (χ3v) is 9.38. The highest BCUT2D eigenvalue weighted by Crippen LogP contribution is 2.47. The molecule has 2 aliphatic rings. The number of nitriles is 1. The molecule has 0 amide bonds. The molecule has 0 radical (unpaired) electrons. The topological polar surface area (TPSA) is 36.3 Å². The van der Waals surface area contributed by atoms with Gasteiger partial charge in [0.1, 0.15) is 25.7 Å². The van der Waals surface area contributed by atoms with E-state index in [1.54, 1.807) is 0 Å². The zero-order valence-electron chi connectivity index (χ0n) is 27.6. The Hall–Kier alpha value is -5.21. The van der Waals surface area contributed by atoms with Gasteiger partial charge in [-0.1, -0.05) is 72.8 Å². The van der Waals surface area contributed by atoms with E-state index in [9.17, 15) is 5.26 Å². The van der Waals surface area contributed by atoms with Crippen molar-refractivity contribution in [3.63, 3.8) is 0 Å². The number of aryl methyl sites for hydroxylation is 4. The maximum Gasteiger partial charge on any atom is 0.542 e. The summed E-state index contributed by atoms with van der Waals surface area (Å²) in [4.78, 5) is 4.89. The third-order valence-electron chi connectivity index (χ3n) is 9.38. The number of nitrogens with zero attached hydrogens (tertiary/aromatic N) is 5. The molecule has 1 atom stereocenters. The number of allylic oxidation sites excluding steroid dienone is 4. The molecule has 6 rings (SSSR count). The van der Waals surface area contributed by atoms with Crippen molar-refractivity contribution in [2.45, 2.75) is 47.5 Å². The van der Waals surface area contributed by atoms with Crippen LogP contribution in [0, 0.1) is 39.0 Å². The Bertz CT molecular complexity index is 1950. The second-order valence-corrected chi connectivity index (χ2v) is 12.2. The van der Waals surface area contributed by atoms with Crippen LogP contribution in [0.3, 0.4) is 0 Å². The first-order chi connectivity index (χ1) is 21.6. The zero-order chi connectivity index (χ0) is 32.0. The van der Waals surface area contributed by atoms with Crippen LogP contribution in [0.1, 0.15) is 47.2 Å². The summed E-state index contributed by atoms with van der Waals surface area (Å²) in [5, 5.41) is 10.9. The molecule has 0 saturated heterocycles. The predicted molar refractivity (Wildman–Crippen MR) is 185 cm³/mol. The number of hydrogen-bond donors (Lipinski definition) is 0. The summed E-state index contributed by atoms with van der Waals surface area (Å²) in [6, 6.07) is 36.5. The van der Waals surface area contributed by atoms with Crippen molar-refractivity contribution in [3.05, 3.63) is 153 Å². The van der Waals surface area contributed by atoms with Crippen molar-refractivity contribution in [1.29, 1.82) is 5.26 Å². The number of anilines is 2. The number of benzene rings is 4. The lowest BCUT2D eigenvalue weighted by molar-refractivity contribution is -0.805. The molecule has 4 aromatic carbocycles. The molecule has 4 aromatic rings. The SMILES string of the molecule is CC1=CC(c2ccccc2)=[N+](C)C2(N1c1c(C)cccc1C)N(c1c(C)cccc1C)C(C)=C(C#N)C(c1ccccc1)=[N+]2C. The monoisotopic (exact) mass is 591 g/mol. The van der Waals surface area contributed by atoms with Crippen molar-refractivity contribution < 1.29 is 9.15 Å². The van der Waals surface area contributed by atoms with Crippen molar-refractivity contribution >= 4 is 22.8 Å². The van der Waals surface area contributed by atoms with Crippen molar-refractivity contribution in [2.75, 3.05) is 23.9 Å². The molecule has 0 N–H and O–H groups in total. The molecule has 0 saturated carbocycles. The minimum Gasteiger partial charge on any atom is -0.204 e. The quantitative estimate of drug-likeness (QED) is 0.227. The van der Waals surface area contributed by atoms with E-state index in [1.807, 2.05) is 18.2 Å². The van der Waals surface area contributed by atoms with Crippen molar-refractivity contribution in [3.8, 4) is 6.07 Å². The van der Waals surface area contributed by atoms with Gasteiger partial charge >= 0.3 is 5.91 Å². The molecular formula is C40H41N5+2. The lowest BCUT2D eigenvalue weighted by atomic mass is 9.93. The van der Waals surface area contributed by atoms with Crippen molar-refractivity contribution in [2.24, 2.45) is 0 Å². The molecule has 5 nitrogen and oxygen atoms in total. The van der Waals surface area contributed by atoms with Gasteiger partial charge in [-0.05, 0) is 88.1 Å². The molecule has 0 aliphatic carbocycles. The third kappa shape index (κ3) is 4.44. The van der Waals surface area contributed by atoms with Crippen LogP contribution in [-0.2, 0) is 0 Å². The highest BCUT2D eigenvalue weighted by Gasteiger charge is 2.68. The molecule has 1 spiro atoms. The van der Waals surface area contributed by atoms with Crippen LogP contribution < -0.4 is 9.80 Å². The summed E-state index contributed by atoms with van der Waals surface area (Å²) in [5.74, 6) is -0.965. The second-order valence-electron chi connectivity index (χ2n) is 12.2. The number of hydrogen-bond acceptors (Lipinski definition) is 3. The highest BCUT2D eigenvalue weighted by atomic mass is 15.7. The van der Waals surface area contributed by atoms with E-state index in [0.717, 1.165) is 56.4 Å². The van der Waals surface area contributed by atoms with Gasteiger partial charge in [-0.3, -0.25) is 0 Å². The van der Waals surface area contributed by atoms with Crippen LogP contribution >= 0.6 is 0 Å². The highest BCUT2D eigenvalue weighted by molar-refractivity contribution is 6.14. The van der Waals surface area contributed by atoms with Crippen LogP contribution in [0.4, 0.5) is 11.4 Å². The minimum atomic E-state index is -0.965.